The standard InChI is InChI=1S/C13H11F3N2/c1-7-9(15)3-2-4-11(7)18-12-6-8(14)5-10(16)13(12)17/h2-6,18H,17H2,1H3. The van der Waals surface area contributed by atoms with Gasteiger partial charge in [-0.25, -0.2) is 13.2 Å². The second-order valence-electron chi connectivity index (χ2n) is 3.89. The van der Waals surface area contributed by atoms with Gasteiger partial charge in [0.2, 0.25) is 0 Å². The van der Waals surface area contributed by atoms with Gasteiger partial charge in [-0.2, -0.15) is 0 Å². The average molecular weight is 252 g/mol. The van der Waals surface area contributed by atoms with Crippen molar-refractivity contribution in [1.82, 2.24) is 0 Å². The molecule has 3 N–H and O–H groups in total. The summed E-state index contributed by atoms with van der Waals surface area (Å²) in [6, 6.07) is 6.15. The third kappa shape index (κ3) is 2.25. The maximum Gasteiger partial charge on any atom is 0.151 e. The Balaban J connectivity index is 2.43. The van der Waals surface area contributed by atoms with Gasteiger partial charge in [0, 0.05) is 17.3 Å². The molecule has 94 valence electrons. The molecule has 0 saturated carbocycles. The largest absolute Gasteiger partial charge is 0.395 e. The lowest BCUT2D eigenvalue weighted by Gasteiger charge is -2.12. The smallest absolute Gasteiger partial charge is 0.151 e. The Morgan fingerprint density at radius 1 is 1.00 bits per heavy atom. The van der Waals surface area contributed by atoms with Crippen LogP contribution >= 0.6 is 0 Å². The van der Waals surface area contributed by atoms with E-state index >= 15 is 0 Å². The van der Waals surface area contributed by atoms with E-state index in [9.17, 15) is 13.2 Å². The number of rotatable bonds is 2. The van der Waals surface area contributed by atoms with Gasteiger partial charge < -0.3 is 11.1 Å². The van der Waals surface area contributed by atoms with Gasteiger partial charge in [0.25, 0.3) is 0 Å². The van der Waals surface area contributed by atoms with Crippen molar-refractivity contribution in [3.05, 3.63) is 53.3 Å². The first-order valence-electron chi connectivity index (χ1n) is 5.25. The molecule has 0 aromatic heterocycles. The first kappa shape index (κ1) is 12.3. The Labute approximate surface area is 102 Å². The number of halogens is 3. The van der Waals surface area contributed by atoms with Crippen LogP contribution in [0.1, 0.15) is 5.56 Å². The van der Waals surface area contributed by atoms with Crippen LogP contribution in [0.5, 0.6) is 0 Å². The summed E-state index contributed by atoms with van der Waals surface area (Å²) in [4.78, 5) is 0. The third-order valence-electron chi connectivity index (χ3n) is 2.63. The average Bonchev–Trinajstić information content (AvgIpc) is 2.31. The van der Waals surface area contributed by atoms with Crippen LogP contribution in [0.2, 0.25) is 0 Å². The molecule has 18 heavy (non-hydrogen) atoms. The molecule has 2 nitrogen and oxygen atoms in total. The molecule has 0 heterocycles. The molecule has 0 radical (unpaired) electrons. The van der Waals surface area contributed by atoms with Crippen LogP contribution in [0, 0.1) is 24.4 Å². The highest BCUT2D eigenvalue weighted by Crippen LogP contribution is 2.28. The molecular formula is C13H11F3N2. The lowest BCUT2D eigenvalue weighted by Crippen LogP contribution is -2.02. The van der Waals surface area contributed by atoms with Gasteiger partial charge in [-0.15, -0.1) is 0 Å². The number of hydrogen-bond acceptors (Lipinski definition) is 2. The van der Waals surface area contributed by atoms with Crippen LogP contribution in [0.25, 0.3) is 0 Å². The molecule has 0 fully saturated rings. The fourth-order valence-electron chi connectivity index (χ4n) is 1.58. The lowest BCUT2D eigenvalue weighted by molar-refractivity contribution is 0.587. The summed E-state index contributed by atoms with van der Waals surface area (Å²) in [6.45, 7) is 1.56. The second-order valence-corrected chi connectivity index (χ2v) is 3.89. The second kappa shape index (κ2) is 4.60. The van der Waals surface area contributed by atoms with Gasteiger partial charge in [0.05, 0.1) is 11.4 Å². The van der Waals surface area contributed by atoms with Crippen LogP contribution in [0.3, 0.4) is 0 Å². The molecule has 2 rings (SSSR count). The van der Waals surface area contributed by atoms with E-state index in [0.717, 1.165) is 6.07 Å². The summed E-state index contributed by atoms with van der Waals surface area (Å²) in [5, 5.41) is 2.72. The van der Waals surface area contributed by atoms with E-state index in [0.29, 0.717) is 17.3 Å². The summed E-state index contributed by atoms with van der Waals surface area (Å²) in [5.41, 5.74) is 6.11. The summed E-state index contributed by atoms with van der Waals surface area (Å²) in [6.07, 6.45) is 0. The summed E-state index contributed by atoms with van der Waals surface area (Å²) in [5.74, 6) is -2.01. The van der Waals surface area contributed by atoms with E-state index in [1.165, 1.54) is 12.1 Å². The normalized spacial score (nSPS) is 10.4. The Morgan fingerprint density at radius 2 is 1.72 bits per heavy atom. The zero-order valence-electron chi connectivity index (χ0n) is 9.60. The molecular weight excluding hydrogens is 241 g/mol. The lowest BCUT2D eigenvalue weighted by atomic mass is 10.1. The van der Waals surface area contributed by atoms with E-state index in [2.05, 4.69) is 5.32 Å². The van der Waals surface area contributed by atoms with Gasteiger partial charge in [-0.3, -0.25) is 0 Å². The molecule has 0 aliphatic heterocycles. The molecule has 0 aliphatic carbocycles. The van der Waals surface area contributed by atoms with Gasteiger partial charge in [-0.1, -0.05) is 6.07 Å². The topological polar surface area (TPSA) is 38.0 Å². The third-order valence-corrected chi connectivity index (χ3v) is 2.63. The molecule has 0 unspecified atom stereocenters. The first-order valence-corrected chi connectivity index (χ1v) is 5.25. The predicted octanol–water partition coefficient (Wildman–Crippen LogP) is 3.74. The molecule has 2 aromatic carbocycles. The van der Waals surface area contributed by atoms with Crippen molar-refractivity contribution in [2.24, 2.45) is 0 Å². The molecule has 0 saturated heterocycles. The van der Waals surface area contributed by atoms with E-state index in [1.54, 1.807) is 13.0 Å². The number of anilines is 3. The zero-order valence-corrected chi connectivity index (χ0v) is 9.60. The Morgan fingerprint density at radius 3 is 2.44 bits per heavy atom. The van der Waals surface area contributed by atoms with Gasteiger partial charge in [-0.05, 0) is 25.1 Å². The summed E-state index contributed by atoms with van der Waals surface area (Å²) >= 11 is 0. The Kier molecular flexibility index (Phi) is 3.14. The summed E-state index contributed by atoms with van der Waals surface area (Å²) in [7, 11) is 0. The SMILES string of the molecule is Cc1c(F)cccc1Nc1cc(F)cc(F)c1N. The Bertz CT molecular complexity index is 597. The van der Waals surface area contributed by atoms with Crippen LogP contribution in [0.4, 0.5) is 30.2 Å². The molecule has 5 heteroatoms. The van der Waals surface area contributed by atoms with E-state index in [1.807, 2.05) is 0 Å². The molecule has 0 amide bonds. The quantitative estimate of drug-likeness (QED) is 0.799. The van der Waals surface area contributed by atoms with Gasteiger partial charge in [0.1, 0.15) is 11.6 Å². The number of hydrogen-bond donors (Lipinski definition) is 2. The van der Waals surface area contributed by atoms with Crippen LogP contribution in [-0.4, -0.2) is 0 Å². The molecule has 0 aliphatic rings. The Hall–Kier alpha value is -2.17. The minimum absolute atomic E-state index is 0.0706. The monoisotopic (exact) mass is 252 g/mol. The molecule has 0 spiro atoms. The molecule has 0 atom stereocenters. The highest BCUT2D eigenvalue weighted by molar-refractivity contribution is 5.74. The zero-order chi connectivity index (χ0) is 13.3. The van der Waals surface area contributed by atoms with Crippen molar-refractivity contribution >= 4 is 17.1 Å². The van der Waals surface area contributed by atoms with Crippen molar-refractivity contribution in [1.29, 1.82) is 0 Å². The first-order chi connectivity index (χ1) is 8.49. The predicted molar refractivity (Wildman–Crippen MR) is 65.2 cm³/mol. The van der Waals surface area contributed by atoms with Crippen molar-refractivity contribution in [2.75, 3.05) is 11.1 Å². The minimum atomic E-state index is -0.855. The van der Waals surface area contributed by atoms with Crippen molar-refractivity contribution in [3.8, 4) is 0 Å². The number of nitrogens with two attached hydrogens (primary N) is 1. The van der Waals surface area contributed by atoms with Gasteiger partial charge in [0.15, 0.2) is 5.82 Å². The van der Waals surface area contributed by atoms with Crippen LogP contribution in [0.15, 0.2) is 30.3 Å². The summed E-state index contributed by atoms with van der Waals surface area (Å²) < 4.78 is 39.6. The number of nitrogens with one attached hydrogen (secondary N) is 1. The fourth-order valence-corrected chi connectivity index (χ4v) is 1.58. The maximum absolute atomic E-state index is 13.3. The number of nitrogen functional groups attached to an aromatic ring is 1. The van der Waals surface area contributed by atoms with E-state index in [-0.39, 0.29) is 11.4 Å². The van der Waals surface area contributed by atoms with Crippen LogP contribution < -0.4 is 11.1 Å². The molecule has 2 aromatic rings. The van der Waals surface area contributed by atoms with Crippen molar-refractivity contribution < 1.29 is 13.2 Å². The van der Waals surface area contributed by atoms with Gasteiger partial charge >= 0.3 is 0 Å². The number of benzene rings is 2. The van der Waals surface area contributed by atoms with Crippen molar-refractivity contribution in [3.63, 3.8) is 0 Å². The van der Waals surface area contributed by atoms with E-state index in [4.69, 9.17) is 5.73 Å². The fraction of sp³-hybridized carbons (Fsp3) is 0.0769. The van der Waals surface area contributed by atoms with Crippen LogP contribution in [-0.2, 0) is 0 Å². The molecule has 0 bridgehead atoms. The maximum atomic E-state index is 13.3. The highest BCUT2D eigenvalue weighted by atomic mass is 19.1. The van der Waals surface area contributed by atoms with Crippen molar-refractivity contribution in [2.45, 2.75) is 6.92 Å². The highest BCUT2D eigenvalue weighted by Gasteiger charge is 2.10. The van der Waals surface area contributed by atoms with E-state index < -0.39 is 17.5 Å². The minimum Gasteiger partial charge on any atom is -0.395 e.